The van der Waals surface area contributed by atoms with Crippen molar-refractivity contribution in [3.05, 3.63) is 0 Å². The molecule has 0 aromatic carbocycles. The van der Waals surface area contributed by atoms with E-state index in [2.05, 4.69) is 58.3 Å². The van der Waals surface area contributed by atoms with E-state index in [4.69, 9.17) is 11.6 Å². The van der Waals surface area contributed by atoms with Gasteiger partial charge >= 0.3 is 0 Å². The Hall–Kier alpha value is -0.590. The summed E-state index contributed by atoms with van der Waals surface area (Å²) in [5.74, 6) is 15.4. The first-order chi connectivity index (χ1) is 11.0. The second-order valence-electron chi connectivity index (χ2n) is 6.88. The number of hydrogen-bond acceptors (Lipinski definition) is 0. The highest BCUT2D eigenvalue weighted by atomic mass is 35.5. The van der Waals surface area contributed by atoms with Gasteiger partial charge in [-0.1, -0.05) is 71.6 Å². The summed E-state index contributed by atoms with van der Waals surface area (Å²) in [5.41, 5.74) is 0. The van der Waals surface area contributed by atoms with Gasteiger partial charge in [-0.3, -0.25) is 0 Å². The molecule has 0 aliphatic heterocycles. The SMILES string of the molecule is CCC#CC(CCC(C)CCCC)C(C)C#CC(CC)C(C)Cl. The highest BCUT2D eigenvalue weighted by Gasteiger charge is 2.15. The molecular weight excluding hydrogens is 300 g/mol. The molecule has 1 heteroatoms. The van der Waals surface area contributed by atoms with E-state index in [9.17, 15) is 0 Å². The Morgan fingerprint density at radius 2 is 1.52 bits per heavy atom. The number of rotatable bonds is 9. The third-order valence-electron chi connectivity index (χ3n) is 4.58. The number of alkyl halides is 1. The zero-order valence-electron chi connectivity index (χ0n) is 16.2. The van der Waals surface area contributed by atoms with Crippen molar-refractivity contribution in [2.75, 3.05) is 0 Å². The van der Waals surface area contributed by atoms with Crippen LogP contribution in [0.3, 0.4) is 0 Å². The average Bonchev–Trinajstić information content (AvgIpc) is 2.52. The second-order valence-corrected chi connectivity index (χ2v) is 7.56. The van der Waals surface area contributed by atoms with E-state index in [1.165, 1.54) is 32.1 Å². The molecule has 0 saturated heterocycles. The Bertz CT molecular complexity index is 401. The molecule has 0 fully saturated rings. The lowest BCUT2D eigenvalue weighted by atomic mass is 9.86. The van der Waals surface area contributed by atoms with Crippen molar-refractivity contribution >= 4 is 11.6 Å². The summed E-state index contributed by atoms with van der Waals surface area (Å²) < 4.78 is 0. The van der Waals surface area contributed by atoms with Gasteiger partial charge in [-0.15, -0.1) is 17.5 Å². The quantitative estimate of drug-likeness (QED) is 0.317. The second kappa shape index (κ2) is 13.8. The van der Waals surface area contributed by atoms with Crippen LogP contribution in [0.1, 0.15) is 86.5 Å². The number of unbranched alkanes of at least 4 members (excludes halogenated alkanes) is 1. The van der Waals surface area contributed by atoms with E-state index >= 15 is 0 Å². The fraction of sp³-hybridized carbons (Fsp3) is 0.818. The summed E-state index contributed by atoms with van der Waals surface area (Å²) in [6.07, 6.45) is 8.35. The maximum Gasteiger partial charge on any atom is 0.0445 e. The van der Waals surface area contributed by atoms with E-state index in [0.717, 1.165) is 18.8 Å². The minimum Gasteiger partial charge on any atom is -0.122 e. The molecule has 0 nitrogen and oxygen atoms in total. The predicted octanol–water partition coefficient (Wildman–Crippen LogP) is 6.92. The van der Waals surface area contributed by atoms with E-state index in [-0.39, 0.29) is 5.38 Å². The summed E-state index contributed by atoms with van der Waals surface area (Å²) in [4.78, 5) is 0. The zero-order valence-corrected chi connectivity index (χ0v) is 17.0. The molecule has 0 saturated carbocycles. The fourth-order valence-electron chi connectivity index (χ4n) is 2.72. The van der Waals surface area contributed by atoms with Crippen LogP contribution < -0.4 is 0 Å². The van der Waals surface area contributed by atoms with Gasteiger partial charge in [-0.25, -0.2) is 0 Å². The van der Waals surface area contributed by atoms with E-state index < -0.39 is 0 Å². The van der Waals surface area contributed by atoms with Gasteiger partial charge in [0, 0.05) is 29.6 Å². The Morgan fingerprint density at radius 3 is 2.04 bits per heavy atom. The zero-order chi connectivity index (χ0) is 17.7. The fourth-order valence-corrected chi connectivity index (χ4v) is 2.96. The first kappa shape index (κ1) is 22.4. The van der Waals surface area contributed by atoms with Crippen molar-refractivity contribution in [1.82, 2.24) is 0 Å². The maximum absolute atomic E-state index is 6.21. The van der Waals surface area contributed by atoms with Gasteiger partial charge in [0.25, 0.3) is 0 Å². The lowest BCUT2D eigenvalue weighted by molar-refractivity contribution is 0.398. The van der Waals surface area contributed by atoms with Crippen LogP contribution in [0.25, 0.3) is 0 Å². The third kappa shape index (κ3) is 10.7. The van der Waals surface area contributed by atoms with Crippen molar-refractivity contribution in [1.29, 1.82) is 0 Å². The molecule has 0 rings (SSSR count). The molecule has 0 aliphatic carbocycles. The minimum atomic E-state index is 0.119. The highest BCUT2D eigenvalue weighted by Crippen LogP contribution is 2.23. The van der Waals surface area contributed by atoms with Crippen LogP contribution in [0, 0.1) is 47.4 Å². The van der Waals surface area contributed by atoms with Crippen molar-refractivity contribution in [3.63, 3.8) is 0 Å². The van der Waals surface area contributed by atoms with Gasteiger partial charge < -0.3 is 0 Å². The molecule has 0 heterocycles. The first-order valence-electron chi connectivity index (χ1n) is 9.59. The smallest absolute Gasteiger partial charge is 0.0445 e. The number of halogens is 1. The van der Waals surface area contributed by atoms with E-state index in [1.54, 1.807) is 0 Å². The van der Waals surface area contributed by atoms with Crippen molar-refractivity contribution < 1.29 is 0 Å². The minimum absolute atomic E-state index is 0.119. The third-order valence-corrected chi connectivity index (χ3v) is 4.88. The molecule has 132 valence electrons. The van der Waals surface area contributed by atoms with Crippen LogP contribution >= 0.6 is 11.6 Å². The van der Waals surface area contributed by atoms with Crippen LogP contribution in [0.5, 0.6) is 0 Å². The first-order valence-corrected chi connectivity index (χ1v) is 10.0. The molecule has 0 aliphatic rings. The monoisotopic (exact) mass is 336 g/mol. The molecule has 5 atom stereocenters. The van der Waals surface area contributed by atoms with Gasteiger partial charge in [0.05, 0.1) is 0 Å². The summed E-state index contributed by atoms with van der Waals surface area (Å²) in [6, 6.07) is 0. The van der Waals surface area contributed by atoms with Crippen LogP contribution in [-0.4, -0.2) is 5.38 Å². The van der Waals surface area contributed by atoms with Crippen LogP contribution in [-0.2, 0) is 0 Å². The lowest BCUT2D eigenvalue weighted by Crippen LogP contribution is -2.12. The molecule has 0 aromatic rings. The Balaban J connectivity index is 4.73. The predicted molar refractivity (Wildman–Crippen MR) is 106 cm³/mol. The summed E-state index contributed by atoms with van der Waals surface area (Å²) in [5, 5.41) is 0.119. The summed E-state index contributed by atoms with van der Waals surface area (Å²) in [7, 11) is 0. The number of hydrogen-bond donors (Lipinski definition) is 0. The Morgan fingerprint density at radius 1 is 0.826 bits per heavy atom. The molecular formula is C22H37Cl. The molecule has 0 N–H and O–H groups in total. The Kier molecular flexibility index (Phi) is 13.5. The molecule has 0 radical (unpaired) electrons. The highest BCUT2D eigenvalue weighted by molar-refractivity contribution is 6.20. The molecule has 5 unspecified atom stereocenters. The summed E-state index contributed by atoms with van der Waals surface area (Å²) >= 11 is 6.21. The molecule has 23 heavy (non-hydrogen) atoms. The average molecular weight is 337 g/mol. The van der Waals surface area contributed by atoms with Gasteiger partial charge in [-0.05, 0) is 32.1 Å². The van der Waals surface area contributed by atoms with Crippen molar-refractivity contribution in [3.8, 4) is 23.7 Å². The normalized spacial score (nSPS) is 17.0. The lowest BCUT2D eigenvalue weighted by Gasteiger charge is -2.18. The standard InChI is InChI=1S/C22H37Cl/c1-7-10-12-18(4)14-16-22(13-11-8-2)19(5)15-17-21(9-3)20(6)23/h18-22H,7-10,12,14,16H2,1-6H3. The van der Waals surface area contributed by atoms with Crippen LogP contribution in [0.15, 0.2) is 0 Å². The Labute approximate surface area is 151 Å². The molecule has 0 aromatic heterocycles. The van der Waals surface area contributed by atoms with Crippen molar-refractivity contribution in [2.24, 2.45) is 23.7 Å². The topological polar surface area (TPSA) is 0 Å². The van der Waals surface area contributed by atoms with Gasteiger partial charge in [0.2, 0.25) is 0 Å². The van der Waals surface area contributed by atoms with Gasteiger partial charge in [0.1, 0.15) is 0 Å². The van der Waals surface area contributed by atoms with Gasteiger partial charge in [-0.2, -0.15) is 0 Å². The molecule has 0 bridgehead atoms. The largest absolute Gasteiger partial charge is 0.122 e. The van der Waals surface area contributed by atoms with E-state index in [1.807, 2.05) is 6.92 Å². The summed E-state index contributed by atoms with van der Waals surface area (Å²) in [6.45, 7) is 13.2. The molecule has 0 spiro atoms. The van der Waals surface area contributed by atoms with Gasteiger partial charge in [0.15, 0.2) is 0 Å². The van der Waals surface area contributed by atoms with E-state index in [0.29, 0.717) is 17.8 Å². The van der Waals surface area contributed by atoms with Crippen LogP contribution in [0.4, 0.5) is 0 Å². The maximum atomic E-state index is 6.21. The van der Waals surface area contributed by atoms with Crippen LogP contribution in [0.2, 0.25) is 0 Å². The molecule has 0 amide bonds. The van der Waals surface area contributed by atoms with Crippen molar-refractivity contribution in [2.45, 2.75) is 91.9 Å².